The predicted octanol–water partition coefficient (Wildman–Crippen LogP) is 0.763. The van der Waals surface area contributed by atoms with Crippen molar-refractivity contribution >= 4 is 57.7 Å². The fourth-order valence-corrected chi connectivity index (χ4v) is 7.52. The fourth-order valence-electron chi connectivity index (χ4n) is 6.65. The average Bonchev–Trinajstić information content (AvgIpc) is 3.79. The molecule has 17 heteroatoms. The van der Waals surface area contributed by atoms with Gasteiger partial charge in [0.25, 0.3) is 5.91 Å². The van der Waals surface area contributed by atoms with Crippen LogP contribution in [0.4, 0.5) is 0 Å². The summed E-state index contributed by atoms with van der Waals surface area (Å²) in [6.45, 7) is 6.24. The second kappa shape index (κ2) is 18.0. The van der Waals surface area contributed by atoms with Crippen LogP contribution in [0.25, 0.3) is 10.9 Å². The number of morpholine rings is 1. The standard InChI is InChI=1S/C37H51N9O7S/c1-22(2)15-27-34-42-29(21-54-34)33(49)41-28(16-24-17-38-26-10-8-7-9-25(24)26)36(51)45(6)18-31(47)39-23(3)35(50)44(5)11-12-46(19-32(48)40-27)37(52)30-20-53-14-13-43(30)4/h7-10,17,21-23,27-28,30,38H,11-16,18-20H2,1-6H3,(H,39,47)(H,40,48)(H,41,49)/t23-,27-,28+,30-/m0/s1. The average molecular weight is 766 g/mol. The number of carbonyl (C=O) groups is 6. The summed E-state index contributed by atoms with van der Waals surface area (Å²) in [5.74, 6) is -2.68. The minimum absolute atomic E-state index is 0.0466. The highest BCUT2D eigenvalue weighted by atomic mass is 32.1. The number of rotatable bonds is 5. The second-order valence-electron chi connectivity index (χ2n) is 14.5. The monoisotopic (exact) mass is 765 g/mol. The van der Waals surface area contributed by atoms with Crippen LogP contribution in [0.3, 0.4) is 0 Å². The van der Waals surface area contributed by atoms with E-state index >= 15 is 0 Å². The summed E-state index contributed by atoms with van der Waals surface area (Å²) >= 11 is 1.21. The summed E-state index contributed by atoms with van der Waals surface area (Å²) in [4.78, 5) is 95.5. The number of likely N-dealkylation sites (N-methyl/N-ethyl adjacent to an activating group) is 3. The number of aromatic nitrogens is 2. The number of carbonyl (C=O) groups excluding carboxylic acids is 6. The number of hydrogen-bond acceptors (Lipinski definition) is 10. The number of H-pyrrole nitrogens is 1. The number of aromatic amines is 1. The number of nitrogens with one attached hydrogen (secondary N) is 4. The van der Waals surface area contributed by atoms with Gasteiger partial charge < -0.3 is 40.4 Å². The van der Waals surface area contributed by atoms with Crippen LogP contribution in [0.1, 0.15) is 54.3 Å². The molecule has 0 saturated carbocycles. The molecule has 6 amide bonds. The topological polar surface area (TPSA) is 189 Å². The number of nitrogens with zero attached hydrogens (tertiary/aromatic N) is 5. The van der Waals surface area contributed by atoms with Crippen molar-refractivity contribution in [3.8, 4) is 0 Å². The lowest BCUT2D eigenvalue weighted by atomic mass is 10.0. The Morgan fingerprint density at radius 3 is 2.41 bits per heavy atom. The quantitative estimate of drug-likeness (QED) is 0.291. The molecule has 2 aliphatic heterocycles. The first-order chi connectivity index (χ1) is 25.7. The maximum Gasteiger partial charge on any atom is 0.271 e. The Kier molecular flexibility index (Phi) is 13.4. The van der Waals surface area contributed by atoms with Crippen LogP contribution in [-0.4, -0.2) is 150 Å². The van der Waals surface area contributed by atoms with E-state index in [1.165, 1.54) is 40.0 Å². The number of hydrogen-bond donors (Lipinski definition) is 4. The highest BCUT2D eigenvalue weighted by Gasteiger charge is 2.34. The van der Waals surface area contributed by atoms with E-state index in [2.05, 4.69) is 25.9 Å². The van der Waals surface area contributed by atoms with Gasteiger partial charge in [0.1, 0.15) is 28.8 Å². The summed E-state index contributed by atoms with van der Waals surface area (Å²) in [5.41, 5.74) is 1.74. The Hall–Kier alpha value is -4.87. The van der Waals surface area contributed by atoms with Gasteiger partial charge in [0.15, 0.2) is 0 Å². The number of ether oxygens (including phenoxy) is 1. The number of fused-ring (bicyclic) bond motifs is 3. The van der Waals surface area contributed by atoms with Gasteiger partial charge in [0, 0.05) is 62.6 Å². The highest BCUT2D eigenvalue weighted by molar-refractivity contribution is 7.09. The van der Waals surface area contributed by atoms with Crippen molar-refractivity contribution in [2.45, 2.75) is 57.8 Å². The SMILES string of the molecule is CC(C)C[C@@H]1NC(=O)CN(C(=O)[C@@H]2COCCN2C)CCN(C)C(=O)[C@H](C)NC(=O)CN(C)C(=O)[C@@H](Cc2c[nH]c3ccccc23)NC(=O)c2csc1n2. The van der Waals surface area contributed by atoms with E-state index in [4.69, 9.17) is 4.74 Å². The number of para-hydroxylation sites is 1. The summed E-state index contributed by atoms with van der Waals surface area (Å²) in [5, 5.41) is 11.5. The van der Waals surface area contributed by atoms with E-state index in [-0.39, 0.29) is 56.7 Å². The highest BCUT2D eigenvalue weighted by Crippen LogP contribution is 2.26. The van der Waals surface area contributed by atoms with Crippen molar-refractivity contribution in [2.75, 3.05) is 67.1 Å². The van der Waals surface area contributed by atoms with Crippen molar-refractivity contribution in [1.29, 1.82) is 0 Å². The van der Waals surface area contributed by atoms with Gasteiger partial charge in [0.05, 0.1) is 32.3 Å². The largest absolute Gasteiger partial charge is 0.378 e. The van der Waals surface area contributed by atoms with Gasteiger partial charge in [-0.2, -0.15) is 0 Å². The Morgan fingerprint density at radius 1 is 0.926 bits per heavy atom. The first kappa shape index (κ1) is 40.3. The molecule has 0 aliphatic carbocycles. The molecule has 4 N–H and O–H groups in total. The lowest BCUT2D eigenvalue weighted by molar-refractivity contribution is -0.146. The van der Waals surface area contributed by atoms with Crippen LogP contribution in [-0.2, 0) is 35.1 Å². The maximum atomic E-state index is 13.9. The zero-order chi connectivity index (χ0) is 39.1. The number of benzene rings is 1. The molecule has 1 fully saturated rings. The Morgan fingerprint density at radius 2 is 1.67 bits per heavy atom. The van der Waals surface area contributed by atoms with Gasteiger partial charge in [-0.15, -0.1) is 11.3 Å². The predicted molar refractivity (Wildman–Crippen MR) is 202 cm³/mol. The molecule has 0 spiro atoms. The second-order valence-corrected chi connectivity index (χ2v) is 15.4. The van der Waals surface area contributed by atoms with E-state index in [0.717, 1.165) is 16.5 Å². The summed E-state index contributed by atoms with van der Waals surface area (Å²) in [6.07, 6.45) is 2.42. The molecular weight excluding hydrogens is 715 g/mol. The van der Waals surface area contributed by atoms with Gasteiger partial charge in [-0.3, -0.25) is 33.7 Å². The van der Waals surface area contributed by atoms with Gasteiger partial charge in [0.2, 0.25) is 29.5 Å². The Labute approximate surface area is 318 Å². The van der Waals surface area contributed by atoms with E-state index in [1.807, 2.05) is 50.1 Å². The molecule has 0 radical (unpaired) electrons. The third-order valence-corrected chi connectivity index (χ3v) is 10.7. The fraction of sp³-hybridized carbons (Fsp3) is 0.541. The zero-order valence-electron chi connectivity index (χ0n) is 31.7. The van der Waals surface area contributed by atoms with Crippen molar-refractivity contribution < 1.29 is 33.5 Å². The molecule has 2 bridgehead atoms. The molecule has 54 heavy (non-hydrogen) atoms. The molecule has 4 heterocycles. The third-order valence-electron chi connectivity index (χ3n) is 9.71. The number of thiazole rings is 1. The smallest absolute Gasteiger partial charge is 0.271 e. The first-order valence-corrected chi connectivity index (χ1v) is 19.1. The lowest BCUT2D eigenvalue weighted by Crippen LogP contribution is -2.56. The molecule has 3 aromatic rings. The molecule has 2 aliphatic rings. The molecular formula is C37H51N9O7S. The Balaban J connectivity index is 1.46. The van der Waals surface area contributed by atoms with E-state index in [1.54, 1.807) is 18.6 Å². The van der Waals surface area contributed by atoms with E-state index in [0.29, 0.717) is 24.6 Å². The van der Waals surface area contributed by atoms with Crippen molar-refractivity contribution in [3.05, 3.63) is 52.1 Å². The summed E-state index contributed by atoms with van der Waals surface area (Å²) < 4.78 is 5.59. The van der Waals surface area contributed by atoms with Gasteiger partial charge in [-0.1, -0.05) is 32.0 Å². The molecule has 2 aromatic heterocycles. The molecule has 1 saturated heterocycles. The molecule has 16 nitrogen and oxygen atoms in total. The van der Waals surface area contributed by atoms with Crippen LogP contribution in [0.15, 0.2) is 35.8 Å². The van der Waals surface area contributed by atoms with Gasteiger partial charge in [-0.25, -0.2) is 4.98 Å². The maximum absolute atomic E-state index is 13.9. The molecule has 0 unspecified atom stereocenters. The van der Waals surface area contributed by atoms with Gasteiger partial charge in [-0.05, 0) is 37.9 Å². The van der Waals surface area contributed by atoms with Crippen molar-refractivity contribution in [3.63, 3.8) is 0 Å². The van der Waals surface area contributed by atoms with Crippen molar-refractivity contribution in [1.82, 2.24) is 45.5 Å². The summed E-state index contributed by atoms with van der Waals surface area (Å²) in [7, 11) is 4.85. The van der Waals surface area contributed by atoms with Crippen LogP contribution in [0, 0.1) is 5.92 Å². The van der Waals surface area contributed by atoms with E-state index in [9.17, 15) is 28.8 Å². The third kappa shape index (κ3) is 10.0. The van der Waals surface area contributed by atoms with Crippen LogP contribution < -0.4 is 16.0 Å². The van der Waals surface area contributed by atoms with E-state index < -0.39 is 53.7 Å². The molecule has 292 valence electrons. The Bertz CT molecular complexity index is 1840. The zero-order valence-corrected chi connectivity index (χ0v) is 32.5. The van der Waals surface area contributed by atoms with Crippen molar-refractivity contribution in [2.24, 2.45) is 5.92 Å². The molecule has 1 aromatic carbocycles. The van der Waals surface area contributed by atoms with Gasteiger partial charge >= 0.3 is 0 Å². The van der Waals surface area contributed by atoms with Crippen LogP contribution in [0.5, 0.6) is 0 Å². The summed E-state index contributed by atoms with van der Waals surface area (Å²) in [6, 6.07) is 4.42. The first-order valence-electron chi connectivity index (χ1n) is 18.2. The number of amides is 6. The normalized spacial score (nSPS) is 23.6. The lowest BCUT2D eigenvalue weighted by Gasteiger charge is -2.36. The minimum Gasteiger partial charge on any atom is -0.378 e. The van der Waals surface area contributed by atoms with Crippen LogP contribution in [0.2, 0.25) is 0 Å². The molecule has 5 rings (SSSR count). The van der Waals surface area contributed by atoms with Crippen LogP contribution >= 0.6 is 11.3 Å². The molecule has 4 atom stereocenters. The minimum atomic E-state index is -1.07.